The molecule has 256 valence electrons. The summed E-state index contributed by atoms with van der Waals surface area (Å²) >= 11 is 0. The molecule has 6 aliphatic rings. The molecule has 0 aromatic heterocycles. The maximum atomic E-state index is 2.54. The third-order valence-corrected chi connectivity index (χ3v) is 14.3. The van der Waals surface area contributed by atoms with Crippen LogP contribution >= 0.6 is 0 Å². The lowest BCUT2D eigenvalue weighted by Gasteiger charge is -2.35. The van der Waals surface area contributed by atoms with Gasteiger partial charge in [-0.25, -0.2) is 0 Å². The molecule has 0 heterocycles. The molecule has 53 heavy (non-hydrogen) atoms. The van der Waals surface area contributed by atoms with Crippen LogP contribution in [0.2, 0.25) is 0 Å². The van der Waals surface area contributed by atoms with Gasteiger partial charge in [0.1, 0.15) is 0 Å². The van der Waals surface area contributed by atoms with E-state index in [9.17, 15) is 0 Å². The van der Waals surface area contributed by atoms with Crippen LogP contribution in [0.15, 0.2) is 145 Å². The van der Waals surface area contributed by atoms with E-state index in [1.54, 1.807) is 22.3 Å². The smallest absolute Gasteiger partial charge is 0.0734 e. The number of hydrogen-bond donors (Lipinski definition) is 0. The molecule has 12 rings (SSSR count). The van der Waals surface area contributed by atoms with Crippen LogP contribution in [-0.2, 0) is 10.8 Å². The van der Waals surface area contributed by atoms with Crippen molar-refractivity contribution in [1.29, 1.82) is 0 Å². The van der Waals surface area contributed by atoms with Crippen LogP contribution in [-0.4, -0.2) is 0 Å². The zero-order valence-corrected chi connectivity index (χ0v) is 30.6. The SMILES string of the molecule is CC1(C)c2cc(N(c3ccccc3)c3ccc(-c4ccc5c(c4)C46C7=C(CCC=C7c7cccc-5c74)c4ccccc46)cc3)ccc2C2CCCCC21. The Morgan fingerprint density at radius 1 is 0.566 bits per heavy atom. The summed E-state index contributed by atoms with van der Waals surface area (Å²) in [6.07, 6.45) is 10.2. The van der Waals surface area contributed by atoms with E-state index in [-0.39, 0.29) is 10.8 Å². The predicted octanol–water partition coefficient (Wildman–Crippen LogP) is 13.7. The number of hydrogen-bond acceptors (Lipinski definition) is 1. The van der Waals surface area contributed by atoms with E-state index >= 15 is 0 Å². The van der Waals surface area contributed by atoms with Crippen molar-refractivity contribution >= 4 is 28.2 Å². The van der Waals surface area contributed by atoms with Crippen LogP contribution in [0.1, 0.15) is 97.2 Å². The summed E-state index contributed by atoms with van der Waals surface area (Å²) in [7, 11) is 0. The second-order valence-electron chi connectivity index (χ2n) is 17.0. The Kier molecular flexibility index (Phi) is 6.02. The highest BCUT2D eigenvalue weighted by Gasteiger charge is 2.59. The average molecular weight is 682 g/mol. The van der Waals surface area contributed by atoms with Gasteiger partial charge in [0.2, 0.25) is 0 Å². The molecule has 1 heteroatoms. The van der Waals surface area contributed by atoms with Gasteiger partial charge in [0.05, 0.1) is 5.41 Å². The molecule has 3 atom stereocenters. The molecule has 1 nitrogen and oxygen atoms in total. The van der Waals surface area contributed by atoms with E-state index in [1.807, 2.05) is 0 Å². The van der Waals surface area contributed by atoms with Crippen LogP contribution in [0.5, 0.6) is 0 Å². The summed E-state index contributed by atoms with van der Waals surface area (Å²) < 4.78 is 0. The Morgan fingerprint density at radius 2 is 1.30 bits per heavy atom. The number of benzene rings is 6. The molecule has 3 unspecified atom stereocenters. The molecule has 1 fully saturated rings. The molecule has 0 N–H and O–H groups in total. The maximum absolute atomic E-state index is 2.54. The molecule has 0 bridgehead atoms. The monoisotopic (exact) mass is 681 g/mol. The van der Waals surface area contributed by atoms with Gasteiger partial charge in [-0.3, -0.25) is 0 Å². The number of rotatable bonds is 4. The van der Waals surface area contributed by atoms with Crippen LogP contribution in [0.3, 0.4) is 0 Å². The molecule has 0 saturated heterocycles. The van der Waals surface area contributed by atoms with Gasteiger partial charge in [0.25, 0.3) is 0 Å². The van der Waals surface area contributed by atoms with Gasteiger partial charge in [-0.05, 0) is 163 Å². The fraction of sp³-hybridized carbons (Fsp3) is 0.231. The zero-order chi connectivity index (χ0) is 35.1. The molecule has 1 saturated carbocycles. The highest BCUT2D eigenvalue weighted by Crippen LogP contribution is 2.71. The number of fused-ring (bicyclic) bond motifs is 8. The summed E-state index contributed by atoms with van der Waals surface area (Å²) in [6, 6.07) is 51.3. The van der Waals surface area contributed by atoms with E-state index < -0.39 is 0 Å². The van der Waals surface area contributed by atoms with E-state index in [0.29, 0.717) is 5.92 Å². The van der Waals surface area contributed by atoms with Crippen molar-refractivity contribution in [1.82, 2.24) is 0 Å². The van der Waals surface area contributed by atoms with Crippen molar-refractivity contribution in [2.75, 3.05) is 4.90 Å². The molecular formula is C52H43N. The van der Waals surface area contributed by atoms with Crippen molar-refractivity contribution in [2.45, 2.75) is 69.1 Å². The Hall–Kier alpha value is -5.40. The topological polar surface area (TPSA) is 3.24 Å². The number of para-hydroxylation sites is 1. The van der Waals surface area contributed by atoms with Crippen molar-refractivity contribution < 1.29 is 0 Å². The Morgan fingerprint density at radius 3 is 2.19 bits per heavy atom. The van der Waals surface area contributed by atoms with Crippen molar-refractivity contribution in [3.63, 3.8) is 0 Å². The van der Waals surface area contributed by atoms with Crippen LogP contribution in [0.4, 0.5) is 17.1 Å². The fourth-order valence-electron chi connectivity index (χ4n) is 12.2. The van der Waals surface area contributed by atoms with Gasteiger partial charge >= 0.3 is 0 Å². The van der Waals surface area contributed by atoms with Gasteiger partial charge in [-0.2, -0.15) is 0 Å². The molecule has 0 amide bonds. The minimum Gasteiger partial charge on any atom is -0.310 e. The van der Waals surface area contributed by atoms with Crippen molar-refractivity contribution in [3.05, 3.63) is 184 Å². The quantitative estimate of drug-likeness (QED) is 0.179. The number of anilines is 3. The standard InChI is InChI=1S/C52H43N/c1-51(2)45-20-8-6-14-37(45)39-29-27-36(31-47(39)51)53(34-12-4-3-5-13-34)35-25-22-32(23-26-35)33-24-28-40-42-17-11-19-44-43-18-10-16-41-38-15-7-9-21-46(38)52(49(41)43,50(42)44)48(40)30-33/h3-5,7,9,11-13,15,17-19,21-31,37,45H,6,8,10,14,16,20H2,1-2H3. The molecule has 0 aliphatic heterocycles. The molecular weight excluding hydrogens is 639 g/mol. The normalized spacial score (nSPS) is 23.1. The van der Waals surface area contributed by atoms with Gasteiger partial charge in [0, 0.05) is 17.1 Å². The maximum Gasteiger partial charge on any atom is 0.0734 e. The average Bonchev–Trinajstić information content (AvgIpc) is 3.87. The number of allylic oxidation sites excluding steroid dienone is 4. The third kappa shape index (κ3) is 3.78. The summed E-state index contributed by atoms with van der Waals surface area (Å²) in [5.74, 6) is 1.46. The number of nitrogens with zero attached hydrogens (tertiary/aromatic N) is 1. The van der Waals surface area contributed by atoms with E-state index in [0.717, 1.165) is 18.8 Å². The lowest BCUT2D eigenvalue weighted by Crippen LogP contribution is -2.28. The fourth-order valence-corrected chi connectivity index (χ4v) is 12.2. The first kappa shape index (κ1) is 30.1. The molecule has 6 aromatic carbocycles. The Labute approximate surface area is 313 Å². The van der Waals surface area contributed by atoms with Gasteiger partial charge in [-0.15, -0.1) is 0 Å². The minimum atomic E-state index is -0.210. The van der Waals surface area contributed by atoms with Crippen molar-refractivity contribution in [3.8, 4) is 22.3 Å². The van der Waals surface area contributed by atoms with E-state index in [1.165, 1.54) is 98.4 Å². The summed E-state index contributed by atoms with van der Waals surface area (Å²) in [5, 5.41) is 0. The van der Waals surface area contributed by atoms with Crippen LogP contribution < -0.4 is 4.90 Å². The van der Waals surface area contributed by atoms with Gasteiger partial charge < -0.3 is 4.90 Å². The highest BCUT2D eigenvalue weighted by atomic mass is 15.1. The summed E-state index contributed by atoms with van der Waals surface area (Å²) in [6.45, 7) is 5.00. The highest BCUT2D eigenvalue weighted by molar-refractivity contribution is 6.11. The minimum absolute atomic E-state index is 0.195. The second kappa shape index (κ2) is 10.6. The lowest BCUT2D eigenvalue weighted by atomic mass is 9.70. The Bertz CT molecular complexity index is 2600. The first-order valence-corrected chi connectivity index (χ1v) is 20.0. The zero-order valence-electron chi connectivity index (χ0n) is 30.6. The molecule has 1 spiro atoms. The Balaban J connectivity index is 0.975. The summed E-state index contributed by atoms with van der Waals surface area (Å²) in [5.41, 5.74) is 24.1. The summed E-state index contributed by atoms with van der Waals surface area (Å²) in [4.78, 5) is 2.46. The molecule has 6 aromatic rings. The lowest BCUT2D eigenvalue weighted by molar-refractivity contribution is 0.233. The predicted molar refractivity (Wildman–Crippen MR) is 220 cm³/mol. The first-order valence-electron chi connectivity index (χ1n) is 20.0. The first-order chi connectivity index (χ1) is 26.0. The third-order valence-electron chi connectivity index (χ3n) is 14.3. The van der Waals surface area contributed by atoms with E-state index in [4.69, 9.17) is 0 Å². The van der Waals surface area contributed by atoms with Crippen LogP contribution in [0, 0.1) is 5.92 Å². The molecule has 0 radical (unpaired) electrons. The van der Waals surface area contributed by atoms with Gasteiger partial charge in [0.15, 0.2) is 0 Å². The van der Waals surface area contributed by atoms with Crippen molar-refractivity contribution in [2.24, 2.45) is 5.92 Å². The molecule has 6 aliphatic carbocycles. The second-order valence-corrected chi connectivity index (χ2v) is 17.0. The largest absolute Gasteiger partial charge is 0.310 e. The van der Waals surface area contributed by atoms with Gasteiger partial charge in [-0.1, -0.05) is 124 Å². The van der Waals surface area contributed by atoms with E-state index in [2.05, 4.69) is 158 Å². The van der Waals surface area contributed by atoms with Crippen LogP contribution in [0.25, 0.3) is 33.4 Å².